The van der Waals surface area contributed by atoms with E-state index in [0.717, 1.165) is 34.7 Å². The molecular formula is C20H18N6O3S. The van der Waals surface area contributed by atoms with Gasteiger partial charge in [-0.25, -0.2) is 9.31 Å². The monoisotopic (exact) mass is 422 g/mol. The molecule has 5 rings (SSSR count). The number of aryl methyl sites for hydroxylation is 2. The van der Waals surface area contributed by atoms with Crippen molar-refractivity contribution < 1.29 is 14.3 Å². The molecule has 30 heavy (non-hydrogen) atoms. The molecule has 0 aliphatic carbocycles. The first-order valence-corrected chi connectivity index (χ1v) is 10.3. The molecule has 10 heteroatoms. The zero-order chi connectivity index (χ0) is 20.8. The predicted molar refractivity (Wildman–Crippen MR) is 111 cm³/mol. The van der Waals surface area contributed by atoms with Crippen LogP contribution in [-0.2, 0) is 17.7 Å². The summed E-state index contributed by atoms with van der Waals surface area (Å²) in [6.45, 7) is 2.71. The third-order valence-electron chi connectivity index (χ3n) is 5.19. The van der Waals surface area contributed by atoms with Crippen LogP contribution in [0.3, 0.4) is 0 Å². The molecule has 0 saturated heterocycles. The number of aromatic nitrogens is 5. The van der Waals surface area contributed by atoms with Crippen molar-refractivity contribution in [3.63, 3.8) is 0 Å². The Morgan fingerprint density at radius 3 is 2.93 bits per heavy atom. The summed E-state index contributed by atoms with van der Waals surface area (Å²) in [6.07, 6.45) is 8.88. The largest absolute Gasteiger partial charge is 0.465 e. The summed E-state index contributed by atoms with van der Waals surface area (Å²) in [4.78, 5) is 30.7. The second-order valence-corrected chi connectivity index (χ2v) is 8.07. The number of nitrogens with one attached hydrogen (secondary N) is 1. The van der Waals surface area contributed by atoms with Crippen molar-refractivity contribution in [2.45, 2.75) is 26.3 Å². The maximum absolute atomic E-state index is 13.0. The summed E-state index contributed by atoms with van der Waals surface area (Å²) in [6, 6.07) is 1.56. The third-order valence-corrected chi connectivity index (χ3v) is 6.34. The average molecular weight is 422 g/mol. The fourth-order valence-electron chi connectivity index (χ4n) is 3.61. The number of esters is 1. The van der Waals surface area contributed by atoms with Crippen molar-refractivity contribution in [1.82, 2.24) is 24.4 Å². The minimum absolute atomic E-state index is 0.270. The summed E-state index contributed by atoms with van der Waals surface area (Å²) < 4.78 is 8.48. The van der Waals surface area contributed by atoms with Gasteiger partial charge in [0.15, 0.2) is 0 Å². The van der Waals surface area contributed by atoms with Crippen LogP contribution in [0.25, 0.3) is 15.3 Å². The minimum Gasteiger partial charge on any atom is -0.465 e. The molecule has 4 aromatic heterocycles. The van der Waals surface area contributed by atoms with E-state index in [9.17, 15) is 9.59 Å². The van der Waals surface area contributed by atoms with Crippen molar-refractivity contribution in [2.75, 3.05) is 12.4 Å². The average Bonchev–Trinajstić information content (AvgIpc) is 3.49. The van der Waals surface area contributed by atoms with Gasteiger partial charge in [0.05, 0.1) is 46.9 Å². The molecule has 0 saturated carbocycles. The molecule has 1 amide bonds. The van der Waals surface area contributed by atoms with Crippen LogP contribution >= 0.6 is 11.3 Å². The van der Waals surface area contributed by atoms with Crippen LogP contribution in [0.15, 0.2) is 30.9 Å². The normalized spacial score (nSPS) is 12.9. The van der Waals surface area contributed by atoms with E-state index in [0.29, 0.717) is 16.9 Å². The highest BCUT2D eigenvalue weighted by Crippen LogP contribution is 2.34. The van der Waals surface area contributed by atoms with Crippen molar-refractivity contribution in [3.05, 3.63) is 53.4 Å². The van der Waals surface area contributed by atoms with Crippen molar-refractivity contribution in [1.29, 1.82) is 0 Å². The molecule has 0 bridgehead atoms. The van der Waals surface area contributed by atoms with E-state index in [1.807, 2.05) is 17.1 Å². The molecule has 0 fully saturated rings. The topological polar surface area (TPSA) is 103 Å². The van der Waals surface area contributed by atoms with Gasteiger partial charge >= 0.3 is 5.97 Å². The first-order valence-electron chi connectivity index (χ1n) is 9.43. The van der Waals surface area contributed by atoms with E-state index in [2.05, 4.69) is 20.5 Å². The number of fused-ring (bicyclic) bond motifs is 2. The van der Waals surface area contributed by atoms with Gasteiger partial charge in [-0.2, -0.15) is 10.2 Å². The number of nitrogens with zero attached hydrogens (tertiary/aromatic N) is 5. The molecular weight excluding hydrogens is 404 g/mol. The summed E-state index contributed by atoms with van der Waals surface area (Å²) in [5.41, 5.74) is 4.10. The number of thiazole rings is 1. The smallest absolute Gasteiger partial charge is 0.339 e. The molecule has 0 aromatic carbocycles. The zero-order valence-corrected chi connectivity index (χ0v) is 17.2. The predicted octanol–water partition coefficient (Wildman–Crippen LogP) is 2.95. The van der Waals surface area contributed by atoms with Gasteiger partial charge in [-0.3, -0.25) is 14.5 Å². The van der Waals surface area contributed by atoms with Crippen molar-refractivity contribution >= 4 is 33.7 Å². The number of carbonyl (C=O) groups is 2. The standard InChI is InChI=1S/C20H18N6O3S/c1-11-15(6-12(7-21-11)20(28)29-2)24-18(27)14-9-23-26-10-17(30-19(14)26)13-8-22-25-5-3-4-16(13)25/h6-10H,3-5H2,1-2H3,(H,24,27). The van der Waals surface area contributed by atoms with Gasteiger partial charge in [0.1, 0.15) is 4.83 Å². The fraction of sp³-hybridized carbons (Fsp3) is 0.250. The number of anilines is 1. The van der Waals surface area contributed by atoms with Crippen LogP contribution in [0.4, 0.5) is 5.69 Å². The highest BCUT2D eigenvalue weighted by atomic mass is 32.1. The van der Waals surface area contributed by atoms with Crippen molar-refractivity contribution in [3.8, 4) is 10.4 Å². The fourth-order valence-corrected chi connectivity index (χ4v) is 4.70. The Hall–Kier alpha value is -3.53. The van der Waals surface area contributed by atoms with Crippen LogP contribution in [0.2, 0.25) is 0 Å². The highest BCUT2D eigenvalue weighted by Gasteiger charge is 2.22. The van der Waals surface area contributed by atoms with Gasteiger partial charge in [0, 0.05) is 30.2 Å². The van der Waals surface area contributed by atoms with Crippen LogP contribution in [0.1, 0.15) is 38.5 Å². The number of methoxy groups -OCH3 is 1. The van der Waals surface area contributed by atoms with Gasteiger partial charge in [-0.15, -0.1) is 11.3 Å². The van der Waals surface area contributed by atoms with Crippen LogP contribution < -0.4 is 5.32 Å². The van der Waals surface area contributed by atoms with E-state index in [4.69, 9.17) is 4.74 Å². The number of hydrogen-bond acceptors (Lipinski definition) is 7. The number of amides is 1. The van der Waals surface area contributed by atoms with Crippen molar-refractivity contribution in [2.24, 2.45) is 0 Å². The lowest BCUT2D eigenvalue weighted by Gasteiger charge is -2.08. The van der Waals surface area contributed by atoms with E-state index in [1.165, 1.54) is 30.3 Å². The summed E-state index contributed by atoms with van der Waals surface area (Å²) in [5, 5.41) is 11.6. The van der Waals surface area contributed by atoms with E-state index < -0.39 is 5.97 Å². The number of rotatable bonds is 4. The molecule has 0 radical (unpaired) electrons. The maximum atomic E-state index is 13.0. The lowest BCUT2D eigenvalue weighted by Crippen LogP contribution is -2.14. The van der Waals surface area contributed by atoms with Gasteiger partial charge < -0.3 is 10.1 Å². The Morgan fingerprint density at radius 2 is 2.10 bits per heavy atom. The third kappa shape index (κ3) is 2.96. The Bertz CT molecular complexity index is 1300. The first kappa shape index (κ1) is 18.5. The molecule has 4 aromatic rings. The summed E-state index contributed by atoms with van der Waals surface area (Å²) in [5.74, 6) is -0.826. The quantitative estimate of drug-likeness (QED) is 0.507. The molecule has 1 aliphatic rings. The first-order chi connectivity index (χ1) is 14.5. The number of ether oxygens (including phenoxy) is 1. The Balaban J connectivity index is 1.46. The molecule has 0 unspecified atom stereocenters. The Morgan fingerprint density at radius 1 is 1.23 bits per heavy atom. The van der Waals surface area contributed by atoms with Crippen LogP contribution in [-0.4, -0.2) is 43.4 Å². The van der Waals surface area contributed by atoms with Gasteiger partial charge in [0.2, 0.25) is 0 Å². The molecule has 0 spiro atoms. The van der Waals surface area contributed by atoms with E-state index in [-0.39, 0.29) is 11.5 Å². The summed E-state index contributed by atoms with van der Waals surface area (Å²) in [7, 11) is 1.30. The molecule has 5 heterocycles. The maximum Gasteiger partial charge on any atom is 0.339 e. The van der Waals surface area contributed by atoms with Gasteiger partial charge in [0.25, 0.3) is 5.91 Å². The number of carbonyl (C=O) groups excluding carboxylic acids is 2. The molecule has 152 valence electrons. The minimum atomic E-state index is -0.512. The highest BCUT2D eigenvalue weighted by molar-refractivity contribution is 7.21. The van der Waals surface area contributed by atoms with E-state index in [1.54, 1.807) is 23.7 Å². The molecule has 9 nitrogen and oxygen atoms in total. The lowest BCUT2D eigenvalue weighted by atomic mass is 10.2. The second-order valence-electron chi connectivity index (χ2n) is 7.04. The Labute approximate surface area is 175 Å². The van der Waals surface area contributed by atoms with Crippen LogP contribution in [0, 0.1) is 6.92 Å². The molecule has 1 aliphatic heterocycles. The summed E-state index contributed by atoms with van der Waals surface area (Å²) >= 11 is 1.51. The Kier molecular flexibility index (Phi) is 4.35. The zero-order valence-electron chi connectivity index (χ0n) is 16.4. The molecule has 0 atom stereocenters. The van der Waals surface area contributed by atoms with Crippen LogP contribution in [0.5, 0.6) is 0 Å². The van der Waals surface area contributed by atoms with Gasteiger partial charge in [-0.1, -0.05) is 0 Å². The van der Waals surface area contributed by atoms with E-state index >= 15 is 0 Å². The van der Waals surface area contributed by atoms with Gasteiger partial charge in [-0.05, 0) is 25.8 Å². The number of hydrogen-bond donors (Lipinski definition) is 1. The number of pyridine rings is 1. The SMILES string of the molecule is COC(=O)c1cnc(C)c(NC(=O)c2cnn3cc(-c4cnn5c4CCC5)sc23)c1. The lowest BCUT2D eigenvalue weighted by molar-refractivity contribution is 0.0600. The molecule has 1 N–H and O–H groups in total. The second kappa shape index (κ2) is 7.06.